The van der Waals surface area contributed by atoms with Gasteiger partial charge in [0.2, 0.25) is 17.8 Å². The van der Waals surface area contributed by atoms with E-state index >= 15 is 0 Å². The van der Waals surface area contributed by atoms with Gasteiger partial charge in [-0.1, -0.05) is 352 Å². The summed E-state index contributed by atoms with van der Waals surface area (Å²) in [6.07, 6.45) is 0. The quantitative estimate of drug-likeness (QED) is 0.131. The van der Waals surface area contributed by atoms with Crippen molar-refractivity contribution in [2.75, 3.05) is 0 Å². The molecule has 0 N–H and O–H groups in total. The highest BCUT2D eigenvalue weighted by Crippen LogP contribution is 2.49. The minimum absolute atomic E-state index is 0.611. The van der Waals surface area contributed by atoms with E-state index in [2.05, 4.69) is 396 Å². The van der Waals surface area contributed by atoms with Gasteiger partial charge in [-0.05, 0) is 142 Å². The van der Waals surface area contributed by atoms with Crippen LogP contribution in [0.1, 0.15) is 0 Å². The lowest BCUT2D eigenvalue weighted by Crippen LogP contribution is -2.04. The number of fused-ring (bicyclic) bond motifs is 27. The third kappa shape index (κ3) is 13.0. The molecule has 10 aromatic heterocycles. The van der Waals surface area contributed by atoms with Crippen LogP contribution in [0.25, 0.3) is 280 Å². The molecule has 0 amide bonds. The molecule has 0 fully saturated rings. The Labute approximate surface area is 797 Å². The molecule has 20 aromatic carbocycles. The summed E-state index contributed by atoms with van der Waals surface area (Å²) in [7, 11) is 0. The van der Waals surface area contributed by atoms with E-state index in [1.807, 2.05) is 84.1 Å². The first kappa shape index (κ1) is 79.0. The van der Waals surface area contributed by atoms with Gasteiger partial charge >= 0.3 is 0 Å². The van der Waals surface area contributed by atoms with Gasteiger partial charge in [0.25, 0.3) is 0 Å². The van der Waals surface area contributed by atoms with Crippen molar-refractivity contribution in [2.45, 2.75) is 0 Å². The van der Waals surface area contributed by atoms with Gasteiger partial charge in [-0.25, -0.2) is 29.9 Å². The Bertz CT molecular complexity index is 10200. The van der Waals surface area contributed by atoms with Crippen LogP contribution in [-0.4, -0.2) is 43.6 Å². The van der Waals surface area contributed by atoms with Crippen molar-refractivity contribution in [1.29, 1.82) is 0 Å². The second-order valence-electron chi connectivity index (χ2n) is 35.4. The van der Waals surface area contributed by atoms with Crippen LogP contribution in [0.2, 0.25) is 0 Å². The number of thiophene rings is 1. The lowest BCUT2D eigenvalue weighted by molar-refractivity contribution is 0.670. The molecule has 0 bridgehead atoms. The Morgan fingerprint density at radius 1 is 0.194 bits per heavy atom. The van der Waals surface area contributed by atoms with Crippen LogP contribution in [-0.2, 0) is 0 Å². The lowest BCUT2D eigenvalue weighted by Gasteiger charge is -2.13. The van der Waals surface area contributed by atoms with E-state index < -0.39 is 0 Å². The number of nitrogens with zero attached hydrogens (tertiary/aromatic N) is 9. The van der Waals surface area contributed by atoms with E-state index in [1.54, 1.807) is 0 Å². The van der Waals surface area contributed by atoms with Crippen molar-refractivity contribution in [3.8, 4) is 96.3 Å². The predicted molar refractivity (Wildman–Crippen MR) is 574 cm³/mol. The minimum Gasteiger partial charge on any atom is -0.455 e. The highest BCUT2D eigenvalue weighted by Gasteiger charge is 2.28. The van der Waals surface area contributed by atoms with Crippen molar-refractivity contribution >= 4 is 195 Å². The molecule has 30 aromatic rings. The van der Waals surface area contributed by atoms with E-state index in [0.29, 0.717) is 17.8 Å². The fraction of sp³-hybridized carbons (Fsp3) is 0. The molecule has 0 aliphatic heterocycles. The van der Waals surface area contributed by atoms with Crippen LogP contribution in [0, 0.1) is 0 Å². The van der Waals surface area contributed by atoms with Gasteiger partial charge < -0.3 is 13.3 Å². The zero-order chi connectivity index (χ0) is 91.3. The standard InChI is InChI=1S/C46H29N3S.C44H25N3O2.C36H21N3O/c1-4-13-30(14-5-1)33-19-12-20-34(27-33)35-23-24-38-42(28-35)49(41-26-25-37-36-21-10-11-22-43(36)50-45(37)44(38)41)46-47-39(31-15-6-2-7-16-31)29-40(48-46)32-17-8-3-9-18-32;1-2-11-26(12-3-1)41-33-15-4-7-18-35(33)45-44(46-41)47-36-23-21-27(28-16-10-17-31-29-13-5-8-19-38(29)48-42(28)31)25-34(36)40-37(47)24-22-32-30-14-6-9-20-39(30)49-43(32)40;1-2-12-23-22(10-1)11-9-16-25(23)34-27-14-3-6-17-29(27)37-36(38-34)39-30-18-7-4-15-28(30)33-31(39)21-20-26-24-13-5-8-19-32(24)40-35(26)33/h1-29H;1-25H;1-21H. The zero-order valence-corrected chi connectivity index (χ0v) is 75.3. The summed E-state index contributed by atoms with van der Waals surface area (Å²) in [4.78, 5) is 31.5. The highest BCUT2D eigenvalue weighted by molar-refractivity contribution is 7.26. The number of furan rings is 3. The molecular weight excluding hydrogens is 1720 g/mol. The second kappa shape index (κ2) is 32.1. The molecule has 0 aliphatic carbocycles. The van der Waals surface area contributed by atoms with Crippen molar-refractivity contribution in [2.24, 2.45) is 0 Å². The Kier molecular flexibility index (Phi) is 18.3. The van der Waals surface area contributed by atoms with Gasteiger partial charge in [0.15, 0.2) is 0 Å². The van der Waals surface area contributed by atoms with Crippen molar-refractivity contribution in [3.05, 3.63) is 455 Å². The van der Waals surface area contributed by atoms with Crippen LogP contribution in [0.15, 0.2) is 468 Å². The molecular formula is C126H75N9O3S. The third-order valence-corrected chi connectivity index (χ3v) is 28.7. The molecule has 0 aliphatic rings. The molecule has 648 valence electrons. The number of benzene rings is 20. The zero-order valence-electron chi connectivity index (χ0n) is 74.5. The molecule has 139 heavy (non-hydrogen) atoms. The van der Waals surface area contributed by atoms with Gasteiger partial charge in [-0.15, -0.1) is 11.3 Å². The van der Waals surface area contributed by atoms with Gasteiger partial charge in [0, 0.05) is 113 Å². The van der Waals surface area contributed by atoms with Crippen LogP contribution < -0.4 is 0 Å². The highest BCUT2D eigenvalue weighted by atomic mass is 32.1. The Morgan fingerprint density at radius 2 is 0.590 bits per heavy atom. The van der Waals surface area contributed by atoms with E-state index in [0.717, 1.165) is 204 Å². The molecule has 0 spiro atoms. The molecule has 0 atom stereocenters. The Hall–Kier alpha value is -18.6. The average Bonchev–Trinajstić information content (AvgIpc) is 1.56. The summed E-state index contributed by atoms with van der Waals surface area (Å²) in [6, 6.07) is 159. The predicted octanol–water partition coefficient (Wildman–Crippen LogP) is 33.9. The Balaban J connectivity index is 0.000000103. The monoisotopic (exact) mass is 1790 g/mol. The van der Waals surface area contributed by atoms with Gasteiger partial charge in [-0.3, -0.25) is 13.7 Å². The van der Waals surface area contributed by atoms with Crippen molar-refractivity contribution < 1.29 is 13.3 Å². The second-order valence-corrected chi connectivity index (χ2v) is 36.4. The maximum absolute atomic E-state index is 6.67. The van der Waals surface area contributed by atoms with Gasteiger partial charge in [0.1, 0.15) is 33.5 Å². The van der Waals surface area contributed by atoms with Crippen LogP contribution in [0.3, 0.4) is 0 Å². The molecule has 0 saturated heterocycles. The molecule has 10 heterocycles. The van der Waals surface area contributed by atoms with Gasteiger partial charge in [0.05, 0.1) is 77.7 Å². The first-order valence-corrected chi connectivity index (χ1v) is 47.5. The van der Waals surface area contributed by atoms with Gasteiger partial charge in [-0.2, -0.15) is 0 Å². The summed E-state index contributed by atoms with van der Waals surface area (Å²) in [5.74, 6) is 1.91. The fourth-order valence-corrected chi connectivity index (χ4v) is 22.4. The maximum atomic E-state index is 6.67. The maximum Gasteiger partial charge on any atom is 0.235 e. The molecule has 12 nitrogen and oxygen atoms in total. The molecule has 0 unspecified atom stereocenters. The summed E-state index contributed by atoms with van der Waals surface area (Å²) < 4.78 is 28.8. The van der Waals surface area contributed by atoms with Crippen LogP contribution in [0.4, 0.5) is 0 Å². The number of rotatable bonds is 10. The summed E-state index contributed by atoms with van der Waals surface area (Å²) in [5.41, 5.74) is 28.0. The summed E-state index contributed by atoms with van der Waals surface area (Å²) in [5, 5.41) is 20.3. The number of hydrogen-bond donors (Lipinski definition) is 0. The fourth-order valence-electron chi connectivity index (χ4n) is 21.1. The number of hydrogen-bond acceptors (Lipinski definition) is 10. The molecule has 13 heteroatoms. The first-order valence-electron chi connectivity index (χ1n) is 46.7. The smallest absolute Gasteiger partial charge is 0.235 e. The number of aromatic nitrogens is 9. The largest absolute Gasteiger partial charge is 0.455 e. The molecule has 0 saturated carbocycles. The summed E-state index contributed by atoms with van der Waals surface area (Å²) in [6.45, 7) is 0. The summed E-state index contributed by atoms with van der Waals surface area (Å²) >= 11 is 1.86. The van der Waals surface area contributed by atoms with Crippen LogP contribution in [0.5, 0.6) is 0 Å². The average molecular weight is 1800 g/mol. The topological polar surface area (TPSA) is 132 Å². The third-order valence-electron chi connectivity index (χ3n) is 27.5. The lowest BCUT2D eigenvalue weighted by atomic mass is 9.98. The first-order chi connectivity index (χ1) is 68.9. The normalized spacial score (nSPS) is 11.9. The van der Waals surface area contributed by atoms with Crippen molar-refractivity contribution in [3.63, 3.8) is 0 Å². The van der Waals surface area contributed by atoms with E-state index in [4.69, 9.17) is 43.2 Å². The van der Waals surface area contributed by atoms with Crippen LogP contribution >= 0.6 is 11.3 Å². The SMILES string of the molecule is c1ccc(-c2cccc(-c3ccc4c5c6sc7ccccc7c6ccc5n(-c5nc(-c6ccccc6)cc(-c6ccccc6)n5)c4c3)c2)cc1.c1ccc(-c2nc(-n3c4ccc(-c5cccc6c5oc5ccccc56)cc4c4c5oc6ccccc6c5ccc43)nc3ccccc23)cc1.c1ccc2c(-c3nc(-n4c5ccccc5c5c6oc7ccccc7c6ccc54)nc4ccccc34)cccc2c1. The van der Waals surface area contributed by atoms with E-state index in [1.165, 1.54) is 58.4 Å². The molecule has 0 radical (unpaired) electrons. The van der Waals surface area contributed by atoms with E-state index in [-0.39, 0.29) is 0 Å². The van der Waals surface area contributed by atoms with Crippen molar-refractivity contribution in [1.82, 2.24) is 43.6 Å². The van der Waals surface area contributed by atoms with E-state index in [9.17, 15) is 0 Å². The minimum atomic E-state index is 0.611. The molecule has 30 rings (SSSR count). The number of para-hydroxylation sites is 7. The Morgan fingerprint density at radius 3 is 1.23 bits per heavy atom.